The van der Waals surface area contributed by atoms with Crippen LogP contribution in [0.1, 0.15) is 24.1 Å². The lowest BCUT2D eigenvalue weighted by Crippen LogP contribution is -2.42. The summed E-state index contributed by atoms with van der Waals surface area (Å²) < 4.78 is 0. The molecule has 8 nitrogen and oxygen atoms in total. The number of benzene rings is 1. The molecule has 0 bridgehead atoms. The molecule has 0 spiro atoms. The van der Waals surface area contributed by atoms with Gasteiger partial charge in [-0.3, -0.25) is 14.9 Å². The van der Waals surface area contributed by atoms with Crippen LogP contribution in [0.2, 0.25) is 0 Å². The lowest BCUT2D eigenvalue weighted by Gasteiger charge is -2.30. The molecule has 28 heavy (non-hydrogen) atoms. The van der Waals surface area contributed by atoms with E-state index >= 15 is 0 Å². The quantitative estimate of drug-likeness (QED) is 0.713. The molecule has 1 aliphatic rings. The summed E-state index contributed by atoms with van der Waals surface area (Å²) in [5.74, 6) is -0.485. The van der Waals surface area contributed by atoms with Gasteiger partial charge < -0.3 is 16.0 Å². The Bertz CT molecular complexity index is 857. The fraction of sp³-hybridized carbons (Fsp3) is 0.368. The van der Waals surface area contributed by atoms with Crippen LogP contribution in [0.5, 0.6) is 0 Å². The smallest absolute Gasteiger partial charge is 0.325 e. The average molecular weight is 401 g/mol. The van der Waals surface area contributed by atoms with Crippen molar-refractivity contribution >= 4 is 40.0 Å². The zero-order valence-corrected chi connectivity index (χ0v) is 16.4. The van der Waals surface area contributed by atoms with Crippen molar-refractivity contribution in [1.29, 1.82) is 0 Å². The fourth-order valence-corrected chi connectivity index (χ4v) is 3.73. The van der Waals surface area contributed by atoms with Gasteiger partial charge in [-0.1, -0.05) is 17.7 Å². The van der Waals surface area contributed by atoms with Crippen LogP contribution in [-0.2, 0) is 16.0 Å². The number of piperidine rings is 1. The molecular formula is C19H23N5O3S. The number of amides is 4. The number of nitrogens with zero attached hydrogens (tertiary/aromatic N) is 2. The van der Waals surface area contributed by atoms with Gasteiger partial charge in [0.05, 0.1) is 12.1 Å². The van der Waals surface area contributed by atoms with Gasteiger partial charge in [-0.15, -0.1) is 11.3 Å². The van der Waals surface area contributed by atoms with Crippen LogP contribution in [0.15, 0.2) is 29.6 Å². The summed E-state index contributed by atoms with van der Waals surface area (Å²) in [6, 6.07) is 7.08. The third-order valence-electron chi connectivity index (χ3n) is 4.66. The first-order chi connectivity index (χ1) is 13.4. The monoisotopic (exact) mass is 401 g/mol. The zero-order valence-electron chi connectivity index (χ0n) is 15.6. The van der Waals surface area contributed by atoms with E-state index in [1.165, 1.54) is 11.3 Å². The van der Waals surface area contributed by atoms with Crippen molar-refractivity contribution < 1.29 is 14.4 Å². The van der Waals surface area contributed by atoms with Gasteiger partial charge in [0.2, 0.25) is 11.8 Å². The average Bonchev–Trinajstić information content (AvgIpc) is 3.10. The highest BCUT2D eigenvalue weighted by atomic mass is 32.1. The Morgan fingerprint density at radius 3 is 2.50 bits per heavy atom. The molecule has 2 heterocycles. The number of carbonyl (C=O) groups is 3. The summed E-state index contributed by atoms with van der Waals surface area (Å²) >= 11 is 1.27. The van der Waals surface area contributed by atoms with Gasteiger partial charge in [0.25, 0.3) is 0 Å². The summed E-state index contributed by atoms with van der Waals surface area (Å²) in [7, 11) is 0. The number of thiazole rings is 1. The first-order valence-corrected chi connectivity index (χ1v) is 9.95. The minimum atomic E-state index is -0.385. The lowest BCUT2D eigenvalue weighted by molar-refractivity contribution is -0.134. The molecule has 3 rings (SSSR count). The predicted octanol–water partition coefficient (Wildman–Crippen LogP) is 2.36. The molecule has 9 heteroatoms. The number of carbonyl (C=O) groups excluding carboxylic acids is 3. The molecule has 148 valence electrons. The van der Waals surface area contributed by atoms with E-state index in [9.17, 15) is 14.4 Å². The van der Waals surface area contributed by atoms with Crippen LogP contribution in [0.4, 0.5) is 15.6 Å². The molecular weight excluding hydrogens is 378 g/mol. The van der Waals surface area contributed by atoms with Crippen LogP contribution in [-0.4, -0.2) is 40.8 Å². The number of aromatic nitrogens is 1. The van der Waals surface area contributed by atoms with Crippen molar-refractivity contribution in [3.63, 3.8) is 0 Å². The Kier molecular flexibility index (Phi) is 6.25. The predicted molar refractivity (Wildman–Crippen MR) is 108 cm³/mol. The van der Waals surface area contributed by atoms with Gasteiger partial charge in [-0.25, -0.2) is 9.78 Å². The summed E-state index contributed by atoms with van der Waals surface area (Å²) in [5, 5.41) is 7.60. The summed E-state index contributed by atoms with van der Waals surface area (Å²) in [6.45, 7) is 3.03. The van der Waals surface area contributed by atoms with E-state index in [0.717, 1.165) is 5.56 Å². The molecule has 0 saturated carbocycles. The van der Waals surface area contributed by atoms with Crippen molar-refractivity contribution in [2.45, 2.75) is 26.2 Å². The van der Waals surface area contributed by atoms with Crippen molar-refractivity contribution in [1.82, 2.24) is 9.88 Å². The van der Waals surface area contributed by atoms with Gasteiger partial charge >= 0.3 is 6.03 Å². The van der Waals surface area contributed by atoms with E-state index in [2.05, 4.69) is 15.6 Å². The number of rotatable bonds is 5. The number of urea groups is 1. The SMILES string of the molecule is Cc1ccc(NC(=O)Nc2nc(CC(=O)N3CCC(C(N)=O)CC3)cs2)cc1. The van der Waals surface area contributed by atoms with Crippen LogP contribution in [0.25, 0.3) is 0 Å². The number of primary amides is 1. The van der Waals surface area contributed by atoms with E-state index in [0.29, 0.717) is 42.4 Å². The lowest BCUT2D eigenvalue weighted by atomic mass is 9.96. The highest BCUT2D eigenvalue weighted by Crippen LogP contribution is 2.20. The summed E-state index contributed by atoms with van der Waals surface area (Å²) in [4.78, 5) is 41.7. The minimum absolute atomic E-state index is 0.0381. The minimum Gasteiger partial charge on any atom is -0.369 e. The second-order valence-corrected chi connectivity index (χ2v) is 7.68. The van der Waals surface area contributed by atoms with Gasteiger partial charge in [0, 0.05) is 30.1 Å². The molecule has 1 aromatic heterocycles. The van der Waals surface area contributed by atoms with Crippen LogP contribution in [0, 0.1) is 12.8 Å². The molecule has 0 unspecified atom stereocenters. The van der Waals surface area contributed by atoms with E-state index in [1.54, 1.807) is 10.3 Å². The summed E-state index contributed by atoms with van der Waals surface area (Å²) in [5.41, 5.74) is 7.73. The normalized spacial score (nSPS) is 14.5. The van der Waals surface area contributed by atoms with Crippen molar-refractivity contribution in [2.75, 3.05) is 23.7 Å². The maximum absolute atomic E-state index is 12.4. The van der Waals surface area contributed by atoms with Crippen molar-refractivity contribution in [3.05, 3.63) is 40.9 Å². The van der Waals surface area contributed by atoms with E-state index in [4.69, 9.17) is 5.73 Å². The second-order valence-electron chi connectivity index (χ2n) is 6.82. The van der Waals surface area contributed by atoms with E-state index in [-0.39, 0.29) is 30.2 Å². The Morgan fingerprint density at radius 2 is 1.86 bits per heavy atom. The third-order valence-corrected chi connectivity index (χ3v) is 5.47. The molecule has 2 aromatic rings. The Hall–Kier alpha value is -2.94. The molecule has 0 atom stereocenters. The third kappa shape index (κ3) is 5.29. The van der Waals surface area contributed by atoms with Crippen LogP contribution < -0.4 is 16.4 Å². The number of hydrogen-bond donors (Lipinski definition) is 3. The van der Waals surface area contributed by atoms with Crippen LogP contribution in [0.3, 0.4) is 0 Å². The van der Waals surface area contributed by atoms with Gasteiger partial charge in [0.15, 0.2) is 5.13 Å². The maximum Gasteiger partial charge on any atom is 0.325 e. The number of hydrogen-bond acceptors (Lipinski definition) is 5. The van der Waals surface area contributed by atoms with Gasteiger partial charge in [-0.05, 0) is 31.9 Å². The number of nitrogens with one attached hydrogen (secondary N) is 2. The zero-order chi connectivity index (χ0) is 20.1. The van der Waals surface area contributed by atoms with Crippen LogP contribution >= 0.6 is 11.3 Å². The molecule has 1 fully saturated rings. The number of aryl methyl sites for hydroxylation is 1. The standard InChI is InChI=1S/C19H23N5O3S/c1-12-2-4-14(5-3-12)21-18(27)23-19-22-15(11-28-19)10-16(25)24-8-6-13(7-9-24)17(20)26/h2-5,11,13H,6-10H2,1H3,(H2,20,26)(H2,21,22,23,27). The maximum atomic E-state index is 12.4. The molecule has 0 radical (unpaired) electrons. The summed E-state index contributed by atoms with van der Waals surface area (Å²) in [6.07, 6.45) is 1.37. The molecule has 4 amide bonds. The highest BCUT2D eigenvalue weighted by Gasteiger charge is 2.26. The highest BCUT2D eigenvalue weighted by molar-refractivity contribution is 7.14. The van der Waals surface area contributed by atoms with Crippen molar-refractivity contribution in [2.24, 2.45) is 11.7 Å². The number of nitrogens with two attached hydrogens (primary N) is 1. The first kappa shape index (κ1) is 19.8. The number of likely N-dealkylation sites (tertiary alicyclic amines) is 1. The number of anilines is 2. The van der Waals surface area contributed by atoms with Gasteiger partial charge in [-0.2, -0.15) is 0 Å². The molecule has 1 aromatic carbocycles. The Balaban J connectivity index is 1.48. The van der Waals surface area contributed by atoms with Gasteiger partial charge in [0.1, 0.15) is 0 Å². The van der Waals surface area contributed by atoms with E-state index in [1.807, 2.05) is 31.2 Å². The molecule has 1 aliphatic heterocycles. The Morgan fingerprint density at radius 1 is 1.18 bits per heavy atom. The van der Waals surface area contributed by atoms with Crippen molar-refractivity contribution in [3.8, 4) is 0 Å². The molecule has 0 aliphatic carbocycles. The fourth-order valence-electron chi connectivity index (χ4n) is 3.02. The molecule has 1 saturated heterocycles. The largest absolute Gasteiger partial charge is 0.369 e. The second kappa shape index (κ2) is 8.83. The molecule has 4 N–H and O–H groups in total. The van der Waals surface area contributed by atoms with E-state index < -0.39 is 0 Å². The first-order valence-electron chi connectivity index (χ1n) is 9.07. The topological polar surface area (TPSA) is 117 Å². The Labute approximate surface area is 167 Å².